The lowest BCUT2D eigenvalue weighted by atomic mass is 10.2. The summed E-state index contributed by atoms with van der Waals surface area (Å²) in [6, 6.07) is 2.57. The summed E-state index contributed by atoms with van der Waals surface area (Å²) in [7, 11) is 0. The smallest absolute Gasteiger partial charge is 0.471 e. The van der Waals surface area contributed by atoms with Crippen LogP contribution in [-0.2, 0) is 11.2 Å². The molecule has 96 valence electrons. The lowest BCUT2D eigenvalue weighted by molar-refractivity contribution is -0.170. The van der Waals surface area contributed by atoms with E-state index in [0.29, 0.717) is 10.5 Å². The molecule has 1 aromatic heterocycles. The Balaban J connectivity index is 2.40. The molecule has 1 aliphatic rings. The number of nitrogens with zero attached hydrogens (tertiary/aromatic N) is 2. The average molecular weight is 260 g/mol. The fraction of sp³-hybridized carbons (Fsp3) is 0.300. The average Bonchev–Trinajstić information content (AvgIpc) is 2.68. The number of amides is 1. The van der Waals surface area contributed by atoms with Crippen molar-refractivity contribution in [1.29, 1.82) is 0 Å². The Hall–Kier alpha value is -2.12. The maximum atomic E-state index is 12.3. The largest absolute Gasteiger partial charge is 0.477 e. The number of carboxylic acid groups (broad SMARTS) is 1. The van der Waals surface area contributed by atoms with Crippen molar-refractivity contribution in [2.24, 2.45) is 0 Å². The molecule has 1 aromatic rings. The molecule has 0 aliphatic carbocycles. The summed E-state index contributed by atoms with van der Waals surface area (Å²) < 4.78 is 37.0. The second kappa shape index (κ2) is 3.97. The molecule has 5 nitrogen and oxygen atoms in total. The minimum Gasteiger partial charge on any atom is -0.477 e. The minimum absolute atomic E-state index is 0.149. The lowest BCUT2D eigenvalue weighted by Crippen LogP contribution is -2.40. The van der Waals surface area contributed by atoms with E-state index in [-0.39, 0.29) is 18.8 Å². The van der Waals surface area contributed by atoms with Crippen molar-refractivity contribution >= 4 is 17.7 Å². The number of hydrogen-bond donors (Lipinski definition) is 1. The molecule has 0 unspecified atom stereocenters. The molecular formula is C10H7F3N2O3. The van der Waals surface area contributed by atoms with Crippen LogP contribution in [0.3, 0.4) is 0 Å². The maximum Gasteiger partial charge on any atom is 0.471 e. The van der Waals surface area contributed by atoms with E-state index in [1.807, 2.05) is 0 Å². The minimum atomic E-state index is -5.00. The highest BCUT2D eigenvalue weighted by Gasteiger charge is 2.45. The number of carboxylic acids is 1. The molecule has 0 fully saturated rings. The first-order valence-electron chi connectivity index (χ1n) is 4.92. The lowest BCUT2D eigenvalue weighted by Gasteiger charge is -2.17. The van der Waals surface area contributed by atoms with Gasteiger partial charge in [0.25, 0.3) is 0 Å². The van der Waals surface area contributed by atoms with E-state index >= 15 is 0 Å². The number of fused-ring (bicyclic) bond motifs is 1. The van der Waals surface area contributed by atoms with Gasteiger partial charge in [-0.2, -0.15) is 13.2 Å². The summed E-state index contributed by atoms with van der Waals surface area (Å²) in [5, 5.41) is 8.71. The maximum absolute atomic E-state index is 12.3. The Bertz CT molecular complexity index is 528. The number of pyridine rings is 1. The van der Waals surface area contributed by atoms with E-state index in [2.05, 4.69) is 4.98 Å². The highest BCUT2D eigenvalue weighted by atomic mass is 19.4. The van der Waals surface area contributed by atoms with Gasteiger partial charge in [0.1, 0.15) is 5.82 Å². The van der Waals surface area contributed by atoms with Crippen molar-refractivity contribution in [2.75, 3.05) is 11.4 Å². The van der Waals surface area contributed by atoms with Crippen molar-refractivity contribution in [2.45, 2.75) is 12.6 Å². The molecular weight excluding hydrogens is 253 g/mol. The van der Waals surface area contributed by atoms with Crippen LogP contribution < -0.4 is 4.90 Å². The van der Waals surface area contributed by atoms with Crippen LogP contribution in [0.2, 0.25) is 0 Å². The quantitative estimate of drug-likeness (QED) is 0.824. The molecule has 1 aliphatic heterocycles. The molecule has 0 radical (unpaired) electrons. The predicted octanol–water partition coefficient (Wildman–Crippen LogP) is 1.23. The summed E-state index contributed by atoms with van der Waals surface area (Å²) in [4.78, 5) is 25.8. The Morgan fingerprint density at radius 2 is 2.00 bits per heavy atom. The SMILES string of the molecule is O=C(O)c1ccc2c(n1)N(C(=O)C(F)(F)F)CC2. The van der Waals surface area contributed by atoms with E-state index in [9.17, 15) is 22.8 Å². The summed E-state index contributed by atoms with van der Waals surface area (Å²) in [6.45, 7) is -0.149. The number of aromatic carboxylic acids is 1. The number of alkyl halides is 3. The van der Waals surface area contributed by atoms with Crippen molar-refractivity contribution in [3.63, 3.8) is 0 Å². The third-order valence-corrected chi connectivity index (χ3v) is 2.52. The normalized spacial score (nSPS) is 14.5. The van der Waals surface area contributed by atoms with Gasteiger partial charge in [0.15, 0.2) is 5.69 Å². The van der Waals surface area contributed by atoms with Gasteiger partial charge in [0.05, 0.1) is 0 Å². The van der Waals surface area contributed by atoms with Crippen LogP contribution in [0.25, 0.3) is 0 Å². The molecule has 0 aromatic carbocycles. The van der Waals surface area contributed by atoms with Crippen LogP contribution in [0.15, 0.2) is 12.1 Å². The third-order valence-electron chi connectivity index (χ3n) is 2.52. The Kier molecular flexibility index (Phi) is 2.72. The summed E-state index contributed by atoms with van der Waals surface area (Å²) >= 11 is 0. The van der Waals surface area contributed by atoms with Crippen molar-refractivity contribution in [3.05, 3.63) is 23.4 Å². The Morgan fingerprint density at radius 3 is 2.56 bits per heavy atom. The topological polar surface area (TPSA) is 70.5 Å². The van der Waals surface area contributed by atoms with Crippen LogP contribution in [0.5, 0.6) is 0 Å². The van der Waals surface area contributed by atoms with E-state index in [1.165, 1.54) is 12.1 Å². The van der Waals surface area contributed by atoms with E-state index in [4.69, 9.17) is 5.11 Å². The van der Waals surface area contributed by atoms with Crippen LogP contribution in [0.4, 0.5) is 19.0 Å². The standard InChI is InChI=1S/C10H7F3N2O3/c11-10(12,13)9(18)15-4-3-5-1-2-6(8(16)17)14-7(5)15/h1-2H,3-4H2,(H,16,17). The van der Waals surface area contributed by atoms with Gasteiger partial charge in [0, 0.05) is 6.54 Å². The van der Waals surface area contributed by atoms with Crippen molar-refractivity contribution in [3.8, 4) is 0 Å². The summed E-state index contributed by atoms with van der Waals surface area (Å²) in [5.41, 5.74) is 0.0354. The van der Waals surface area contributed by atoms with Gasteiger partial charge in [-0.3, -0.25) is 9.69 Å². The molecule has 0 atom stereocenters. The predicted molar refractivity (Wildman–Crippen MR) is 53.3 cm³/mol. The van der Waals surface area contributed by atoms with E-state index < -0.39 is 23.7 Å². The molecule has 8 heteroatoms. The first-order valence-corrected chi connectivity index (χ1v) is 4.92. The Morgan fingerprint density at radius 1 is 1.33 bits per heavy atom. The van der Waals surface area contributed by atoms with Crippen molar-refractivity contribution in [1.82, 2.24) is 4.98 Å². The second-order valence-corrected chi connectivity index (χ2v) is 3.69. The molecule has 0 bridgehead atoms. The number of anilines is 1. The first-order chi connectivity index (χ1) is 8.30. The molecule has 0 saturated carbocycles. The van der Waals surface area contributed by atoms with Gasteiger partial charge in [-0.25, -0.2) is 9.78 Å². The number of halogens is 3. The zero-order valence-electron chi connectivity index (χ0n) is 8.86. The van der Waals surface area contributed by atoms with Crippen LogP contribution >= 0.6 is 0 Å². The van der Waals surface area contributed by atoms with Crippen LogP contribution in [0.1, 0.15) is 16.1 Å². The van der Waals surface area contributed by atoms with Gasteiger partial charge in [-0.15, -0.1) is 0 Å². The molecule has 18 heavy (non-hydrogen) atoms. The monoisotopic (exact) mass is 260 g/mol. The zero-order valence-corrected chi connectivity index (χ0v) is 8.86. The Labute approximate surface area is 98.8 Å². The first kappa shape index (κ1) is 12.3. The third kappa shape index (κ3) is 2.01. The number of carbonyl (C=O) groups is 2. The molecule has 0 spiro atoms. The van der Waals surface area contributed by atoms with Gasteiger partial charge in [0.2, 0.25) is 0 Å². The zero-order chi connectivity index (χ0) is 13.5. The van der Waals surface area contributed by atoms with Gasteiger partial charge < -0.3 is 5.11 Å². The fourth-order valence-corrected chi connectivity index (χ4v) is 1.71. The molecule has 1 amide bonds. The highest BCUT2D eigenvalue weighted by molar-refractivity contribution is 5.98. The van der Waals surface area contributed by atoms with Gasteiger partial charge >= 0.3 is 18.1 Å². The number of hydrogen-bond acceptors (Lipinski definition) is 3. The van der Waals surface area contributed by atoms with E-state index in [1.54, 1.807) is 0 Å². The summed E-state index contributed by atoms with van der Waals surface area (Å²) in [6.07, 6.45) is -4.77. The molecule has 0 saturated heterocycles. The van der Waals surface area contributed by atoms with E-state index in [0.717, 1.165) is 0 Å². The van der Waals surface area contributed by atoms with Gasteiger partial charge in [-0.05, 0) is 18.1 Å². The fourth-order valence-electron chi connectivity index (χ4n) is 1.71. The van der Waals surface area contributed by atoms with Crippen LogP contribution in [0, 0.1) is 0 Å². The van der Waals surface area contributed by atoms with Crippen LogP contribution in [-0.4, -0.2) is 34.7 Å². The highest BCUT2D eigenvalue weighted by Crippen LogP contribution is 2.30. The number of carbonyl (C=O) groups excluding carboxylic acids is 1. The van der Waals surface area contributed by atoms with Crippen molar-refractivity contribution < 1.29 is 27.9 Å². The number of aromatic nitrogens is 1. The number of rotatable bonds is 1. The summed E-state index contributed by atoms with van der Waals surface area (Å²) in [5.74, 6) is -3.61. The molecule has 2 heterocycles. The van der Waals surface area contributed by atoms with Gasteiger partial charge in [-0.1, -0.05) is 6.07 Å². The molecule has 2 rings (SSSR count). The second-order valence-electron chi connectivity index (χ2n) is 3.69. The molecule has 1 N–H and O–H groups in total.